The molecule has 1 aromatic heterocycles. The van der Waals surface area contributed by atoms with E-state index in [4.69, 9.17) is 10.5 Å². The van der Waals surface area contributed by atoms with Crippen LogP contribution in [0.2, 0.25) is 0 Å². The number of nitrogens with zero attached hydrogens (tertiary/aromatic N) is 4. The van der Waals surface area contributed by atoms with E-state index < -0.39 is 107 Å². The van der Waals surface area contributed by atoms with Gasteiger partial charge >= 0.3 is 12.1 Å². The summed E-state index contributed by atoms with van der Waals surface area (Å²) >= 11 is 2.63. The van der Waals surface area contributed by atoms with E-state index in [2.05, 4.69) is 41.9 Å². The van der Waals surface area contributed by atoms with Gasteiger partial charge < -0.3 is 57.3 Å². The van der Waals surface area contributed by atoms with Crippen LogP contribution in [0.15, 0.2) is 23.2 Å². The number of aliphatic carboxylic acids is 1. The zero-order valence-corrected chi connectivity index (χ0v) is 53.0. The average molecular weight is 1230 g/mol. The smallest absolute Gasteiger partial charge is 0.408 e. The van der Waals surface area contributed by atoms with Crippen molar-refractivity contribution < 1.29 is 62.6 Å². The average Bonchev–Trinajstić information content (AvgIpc) is 4.20. The Morgan fingerprint density at radius 2 is 1.24 bits per heavy atom. The Morgan fingerprint density at radius 3 is 1.78 bits per heavy atom. The summed E-state index contributed by atoms with van der Waals surface area (Å²) in [7, 11) is 7.70. The van der Waals surface area contributed by atoms with Gasteiger partial charge in [0.25, 0.3) is 0 Å². The van der Waals surface area contributed by atoms with Gasteiger partial charge in [0.15, 0.2) is 29.2 Å². The summed E-state index contributed by atoms with van der Waals surface area (Å²) in [5.74, 6) is -5.95. The normalized spacial score (nSPS) is 15.1. The fourth-order valence-electron chi connectivity index (χ4n) is 8.95. The number of Topliss-reactive ketones (excluding diaryl/α,β-unsaturated/α-hetero) is 4. The summed E-state index contributed by atoms with van der Waals surface area (Å²) in [6.07, 6.45) is 2.55. The number of aliphatic imine (C=N–C) groups is 1. The standard InChI is InChI=1S/C59H93N11O13S2/c1-36(2)31-44(64-52(77)26-23-47(73)41(18-13-16-30-70(9)10)68-58(82)83-59(4,5)6)48(74)24-27-51(76)63-40(17-12-15-29-69(7)8)46(72)22-25-50(75)61-34-39(71)32-37(3)53(78)65-43(19-11-14-28-60)54(79)62-38-20-21-42-49(33-38)85-56(66-42)55-67-45(35-84-55)57(80)81/h20-21,33,36-37,40-41,43-45H,11-19,22-32,34-35,60H2,1-10H3,(H,61,75)(H,62,79)(H,63,76)(H,64,77)(H,65,78)(H,68,82)(H,80,81)/t37-,40+,41+,43?,44+,45?/m1/s1. The molecule has 2 unspecified atom stereocenters. The topological polar surface area (TPSA) is 347 Å². The highest BCUT2D eigenvalue weighted by atomic mass is 32.2. The molecule has 1 aliphatic heterocycles. The highest BCUT2D eigenvalue weighted by molar-refractivity contribution is 8.15. The van der Waals surface area contributed by atoms with Crippen LogP contribution in [0.5, 0.6) is 0 Å². The van der Waals surface area contributed by atoms with Crippen molar-refractivity contribution in [3.05, 3.63) is 23.2 Å². The van der Waals surface area contributed by atoms with Gasteiger partial charge in [-0.3, -0.25) is 48.1 Å². The Hall–Kier alpha value is -6.22. The minimum absolute atomic E-state index is 0.0195. The number of ether oxygens (including phenoxy) is 1. The maximum Gasteiger partial charge on any atom is 0.408 e. The number of thioether (sulfide) groups is 1. The minimum atomic E-state index is -1.01. The Morgan fingerprint density at radius 1 is 0.694 bits per heavy atom. The number of nitrogens with two attached hydrogens (primary N) is 1. The maximum atomic E-state index is 13.6. The molecule has 85 heavy (non-hydrogen) atoms. The van der Waals surface area contributed by atoms with Crippen molar-refractivity contribution in [3.63, 3.8) is 0 Å². The molecule has 24 nitrogen and oxygen atoms in total. The molecule has 2 aromatic rings. The van der Waals surface area contributed by atoms with Gasteiger partial charge in [-0.1, -0.05) is 20.8 Å². The number of anilines is 1. The number of alkyl carbamates (subject to hydrolysis) is 1. The van der Waals surface area contributed by atoms with E-state index in [-0.39, 0.29) is 75.9 Å². The summed E-state index contributed by atoms with van der Waals surface area (Å²) in [6.45, 7) is 11.9. The van der Waals surface area contributed by atoms with Crippen LogP contribution in [0, 0.1) is 11.8 Å². The van der Waals surface area contributed by atoms with Crippen molar-refractivity contribution in [2.75, 3.05) is 65.4 Å². The molecule has 1 aromatic carbocycles. The molecule has 1 aliphatic rings. The zero-order chi connectivity index (χ0) is 63.4. The molecule has 0 saturated heterocycles. The second kappa shape index (κ2) is 37.4. The first-order valence-electron chi connectivity index (χ1n) is 29.4. The molecule has 26 heteroatoms. The molecule has 0 fully saturated rings. The number of carbonyl (C=O) groups excluding carboxylic acids is 10. The van der Waals surface area contributed by atoms with Gasteiger partial charge in [-0.2, -0.15) is 0 Å². The van der Waals surface area contributed by atoms with Gasteiger partial charge in [0.1, 0.15) is 21.7 Å². The van der Waals surface area contributed by atoms with E-state index >= 15 is 0 Å². The number of carboxylic acids is 1. The Labute approximate surface area is 508 Å². The number of aromatic nitrogens is 1. The van der Waals surface area contributed by atoms with Crippen LogP contribution in [0.4, 0.5) is 10.5 Å². The SMILES string of the molecule is CC(C)C[C@H](NC(=O)CCC(=O)[C@H](CCCCN(C)C)NC(=O)OC(C)(C)C)C(=O)CCC(=O)N[C@@H](CCCCN(C)C)C(=O)CCC(=O)NCC(=O)C[C@@H](C)C(=O)NC(CCCCN)C(=O)Nc1ccc2nc(C3=NC(C(=O)O)CS3)sc2c1. The monoisotopic (exact) mass is 1230 g/mol. The van der Waals surface area contributed by atoms with Gasteiger partial charge in [-0.05, 0) is 157 Å². The van der Waals surface area contributed by atoms with Gasteiger partial charge in [0.2, 0.25) is 29.5 Å². The molecule has 6 atom stereocenters. The van der Waals surface area contributed by atoms with Gasteiger partial charge in [-0.25, -0.2) is 14.6 Å². The largest absolute Gasteiger partial charge is 0.480 e. The molecule has 0 saturated carbocycles. The van der Waals surface area contributed by atoms with E-state index in [0.29, 0.717) is 65.7 Å². The molecule has 9 N–H and O–H groups in total. The van der Waals surface area contributed by atoms with Crippen molar-refractivity contribution in [1.82, 2.24) is 41.4 Å². The van der Waals surface area contributed by atoms with Crippen molar-refractivity contribution >= 4 is 109 Å². The lowest BCUT2D eigenvalue weighted by atomic mass is 9.96. The fraction of sp³-hybridized carbons (Fsp3) is 0.678. The van der Waals surface area contributed by atoms with Crippen LogP contribution in [-0.4, -0.2) is 186 Å². The van der Waals surface area contributed by atoms with Crippen molar-refractivity contribution in [3.8, 4) is 0 Å². The lowest BCUT2D eigenvalue weighted by Crippen LogP contribution is -2.46. The van der Waals surface area contributed by atoms with Crippen molar-refractivity contribution in [2.45, 2.75) is 187 Å². The number of hydrogen-bond acceptors (Lipinski definition) is 19. The summed E-state index contributed by atoms with van der Waals surface area (Å²) in [4.78, 5) is 157. The summed E-state index contributed by atoms with van der Waals surface area (Å²) in [5.41, 5.74) is 6.02. The van der Waals surface area contributed by atoms with Gasteiger partial charge in [0, 0.05) is 62.3 Å². The zero-order valence-electron chi connectivity index (χ0n) is 51.4. The number of carboxylic acid groups (broad SMARTS) is 1. The third-order valence-corrected chi connectivity index (χ3v) is 15.8. The lowest BCUT2D eigenvalue weighted by Gasteiger charge is -2.23. The number of carbonyl (C=O) groups is 11. The summed E-state index contributed by atoms with van der Waals surface area (Å²) in [5, 5.41) is 26.7. The second-order valence-corrected chi connectivity index (χ2v) is 25.7. The van der Waals surface area contributed by atoms with Gasteiger partial charge in [-0.15, -0.1) is 23.1 Å². The lowest BCUT2D eigenvalue weighted by molar-refractivity contribution is -0.138. The van der Waals surface area contributed by atoms with Crippen LogP contribution in [-0.2, 0) is 52.7 Å². The van der Waals surface area contributed by atoms with E-state index in [1.807, 2.05) is 51.8 Å². The first-order valence-corrected chi connectivity index (χ1v) is 31.2. The van der Waals surface area contributed by atoms with Crippen LogP contribution >= 0.6 is 23.1 Å². The number of fused-ring (bicyclic) bond motifs is 1. The molecule has 474 valence electrons. The maximum absolute atomic E-state index is 13.6. The molecular weight excluding hydrogens is 1130 g/mol. The molecule has 0 spiro atoms. The highest BCUT2D eigenvalue weighted by Gasteiger charge is 2.31. The van der Waals surface area contributed by atoms with E-state index in [0.717, 1.165) is 30.6 Å². The van der Waals surface area contributed by atoms with Crippen LogP contribution in [0.25, 0.3) is 10.2 Å². The van der Waals surface area contributed by atoms with Crippen molar-refractivity contribution in [2.24, 2.45) is 22.6 Å². The Balaban J connectivity index is 1.53. The Bertz CT molecular complexity index is 2640. The quantitative estimate of drug-likeness (QED) is 0.0409. The van der Waals surface area contributed by atoms with Crippen LogP contribution in [0.1, 0.15) is 156 Å². The van der Waals surface area contributed by atoms with E-state index in [9.17, 15) is 57.8 Å². The molecule has 0 bridgehead atoms. The number of hydrogen-bond donors (Lipinski definition) is 8. The fourth-order valence-corrected chi connectivity index (χ4v) is 11.0. The van der Waals surface area contributed by atoms with Gasteiger partial charge in [0.05, 0.1) is 34.9 Å². The number of rotatable bonds is 41. The number of amides is 6. The summed E-state index contributed by atoms with van der Waals surface area (Å²) in [6, 6.07) is 0.547. The molecule has 0 aliphatic carbocycles. The Kier molecular flexibility index (Phi) is 32.1. The van der Waals surface area contributed by atoms with Crippen molar-refractivity contribution in [1.29, 1.82) is 0 Å². The molecular formula is C59H93N11O13S2. The number of unbranched alkanes of at least 4 members (excludes halogenated alkanes) is 3. The molecule has 3 rings (SSSR count). The van der Waals surface area contributed by atoms with Crippen LogP contribution in [0.3, 0.4) is 0 Å². The minimum Gasteiger partial charge on any atom is -0.480 e. The summed E-state index contributed by atoms with van der Waals surface area (Å²) < 4.78 is 6.11. The molecule has 2 heterocycles. The molecule has 6 amide bonds. The number of ketones is 4. The first-order chi connectivity index (χ1) is 40.0. The predicted molar refractivity (Wildman–Crippen MR) is 329 cm³/mol. The van der Waals surface area contributed by atoms with Crippen LogP contribution < -0.4 is 37.6 Å². The number of thiazole rings is 1. The molecule has 0 radical (unpaired) electrons. The predicted octanol–water partition coefficient (Wildman–Crippen LogP) is 4.93. The first kappa shape index (κ1) is 73.0. The number of benzene rings is 1. The third-order valence-electron chi connectivity index (χ3n) is 13.5. The number of nitrogens with one attached hydrogen (secondary N) is 6. The highest BCUT2D eigenvalue weighted by Crippen LogP contribution is 2.31. The second-order valence-electron chi connectivity index (χ2n) is 23.6. The van der Waals surface area contributed by atoms with E-state index in [1.54, 1.807) is 39.0 Å². The van der Waals surface area contributed by atoms with E-state index in [1.165, 1.54) is 30.0 Å². The third kappa shape index (κ3) is 29.2.